The van der Waals surface area contributed by atoms with E-state index in [0.29, 0.717) is 38.5 Å². The first-order valence-corrected chi connectivity index (χ1v) is 12.9. The van der Waals surface area contributed by atoms with E-state index in [-0.39, 0.29) is 29.9 Å². The molecule has 6 atom stereocenters. The first-order chi connectivity index (χ1) is 15.5. The lowest BCUT2D eigenvalue weighted by Gasteiger charge is -2.56. The van der Waals surface area contributed by atoms with E-state index < -0.39 is 50.8 Å². The highest BCUT2D eigenvalue weighted by Gasteiger charge is 2.60. The molecular weight excluding hydrogens is 486 g/mol. The van der Waals surface area contributed by atoms with Crippen LogP contribution >= 0.6 is 0 Å². The van der Waals surface area contributed by atoms with Crippen LogP contribution in [0, 0.1) is 34.5 Å². The van der Waals surface area contributed by atoms with Crippen LogP contribution in [0.25, 0.3) is 0 Å². The van der Waals surface area contributed by atoms with Crippen molar-refractivity contribution in [1.29, 1.82) is 0 Å². The average molecular weight is 515 g/mol. The minimum Gasteiger partial charge on any atom is -0.381 e. The molecule has 4 nitrogen and oxygen atoms in total. The van der Waals surface area contributed by atoms with E-state index >= 15 is 0 Å². The Morgan fingerprint density at radius 3 is 2.35 bits per heavy atom. The van der Waals surface area contributed by atoms with Gasteiger partial charge in [-0.1, -0.05) is 19.9 Å². The maximum absolute atomic E-state index is 12.9. The summed E-state index contributed by atoms with van der Waals surface area (Å²) in [6.07, 6.45) is 0.876. The standard InChI is InChI=1S/C23H28F6O4S/c1-20-9-7-14(33-34(31,32)23(27,28)29)11-13(20)3-4-15-16-5-6-18(19(30)12-22(24,25)26)21(16,2)10-8-17(15)20/h3,11,15-18H,4-10,12H2,1-2H3/t15-,16-,17-,18+,20-,21-/m0/s1. The zero-order chi connectivity index (χ0) is 25.3. The van der Waals surface area contributed by atoms with E-state index in [4.69, 9.17) is 0 Å². The van der Waals surface area contributed by atoms with Crippen molar-refractivity contribution in [3.05, 3.63) is 23.5 Å². The van der Waals surface area contributed by atoms with Gasteiger partial charge in [-0.2, -0.15) is 34.8 Å². The molecule has 0 spiro atoms. The van der Waals surface area contributed by atoms with E-state index in [1.807, 2.05) is 19.9 Å². The van der Waals surface area contributed by atoms with Gasteiger partial charge >= 0.3 is 21.8 Å². The summed E-state index contributed by atoms with van der Waals surface area (Å²) in [6, 6.07) is 0. The molecule has 4 aliphatic rings. The highest BCUT2D eigenvalue weighted by Crippen LogP contribution is 2.66. The molecule has 0 unspecified atom stereocenters. The fourth-order valence-corrected chi connectivity index (χ4v) is 7.91. The molecular formula is C23H28F6O4S. The molecule has 34 heavy (non-hydrogen) atoms. The third-order valence-corrected chi connectivity index (χ3v) is 10.00. The van der Waals surface area contributed by atoms with Gasteiger partial charge in [-0.25, -0.2) is 0 Å². The van der Waals surface area contributed by atoms with Crippen LogP contribution in [-0.4, -0.2) is 25.9 Å². The molecule has 0 aromatic rings. The second-order valence-corrected chi connectivity index (χ2v) is 12.3. The molecule has 4 rings (SSSR count). The average Bonchev–Trinajstić information content (AvgIpc) is 3.03. The topological polar surface area (TPSA) is 60.4 Å². The SMILES string of the molecule is C[C@]12CC[C@H]3[C@@H](CC=C4C=C(OS(=O)(=O)C(F)(F)F)CC[C@@]43C)[C@@H]1CC[C@@H]2C(=O)CC(F)(F)F. The minimum absolute atomic E-state index is 0.0427. The maximum Gasteiger partial charge on any atom is 0.534 e. The van der Waals surface area contributed by atoms with Gasteiger partial charge in [0.2, 0.25) is 0 Å². The van der Waals surface area contributed by atoms with Crippen LogP contribution < -0.4 is 0 Å². The highest BCUT2D eigenvalue weighted by molar-refractivity contribution is 7.87. The largest absolute Gasteiger partial charge is 0.534 e. The number of carbonyl (C=O) groups excluding carboxylic acids is 1. The van der Waals surface area contributed by atoms with Crippen LogP contribution in [0.15, 0.2) is 23.5 Å². The second-order valence-electron chi connectivity index (χ2n) is 10.7. The summed E-state index contributed by atoms with van der Waals surface area (Å²) in [4.78, 5) is 12.5. The minimum atomic E-state index is -5.73. The lowest BCUT2D eigenvalue weighted by molar-refractivity contribution is -0.159. The molecule has 192 valence electrons. The number of alkyl halides is 6. The number of fused-ring (bicyclic) bond motifs is 5. The Morgan fingerprint density at radius 1 is 1.06 bits per heavy atom. The van der Waals surface area contributed by atoms with Crippen LogP contribution in [0.1, 0.15) is 65.2 Å². The predicted octanol–water partition coefficient (Wildman–Crippen LogP) is 6.45. The van der Waals surface area contributed by atoms with Gasteiger partial charge in [-0.3, -0.25) is 4.79 Å². The predicted molar refractivity (Wildman–Crippen MR) is 110 cm³/mol. The summed E-state index contributed by atoms with van der Waals surface area (Å²) in [7, 11) is -5.73. The number of halogens is 6. The van der Waals surface area contributed by atoms with Crippen molar-refractivity contribution in [3.8, 4) is 0 Å². The molecule has 4 aliphatic carbocycles. The van der Waals surface area contributed by atoms with Gasteiger partial charge in [0.15, 0.2) is 0 Å². The van der Waals surface area contributed by atoms with Crippen molar-refractivity contribution >= 4 is 15.9 Å². The summed E-state index contributed by atoms with van der Waals surface area (Å²) in [6.45, 7) is 3.96. The number of hydrogen-bond donors (Lipinski definition) is 0. The molecule has 0 saturated heterocycles. The molecule has 2 fully saturated rings. The third kappa shape index (κ3) is 4.19. The van der Waals surface area contributed by atoms with Crippen LogP contribution in [0.2, 0.25) is 0 Å². The van der Waals surface area contributed by atoms with Crippen molar-refractivity contribution in [2.24, 2.45) is 34.5 Å². The van der Waals surface area contributed by atoms with Crippen LogP contribution in [0.5, 0.6) is 0 Å². The molecule has 0 bridgehead atoms. The Balaban J connectivity index is 1.57. The fourth-order valence-electron chi connectivity index (χ4n) is 7.40. The Hall–Kier alpha value is -1.52. The number of ketones is 1. The van der Waals surface area contributed by atoms with Crippen LogP contribution in [-0.2, 0) is 19.1 Å². The van der Waals surface area contributed by atoms with Gasteiger partial charge in [0.05, 0.1) is 0 Å². The monoisotopic (exact) mass is 514 g/mol. The number of rotatable bonds is 4. The van der Waals surface area contributed by atoms with Crippen molar-refractivity contribution in [2.75, 3.05) is 0 Å². The van der Waals surface area contributed by atoms with Gasteiger partial charge in [0, 0.05) is 12.3 Å². The molecule has 0 aromatic carbocycles. The number of allylic oxidation sites excluding steroid dienone is 4. The van der Waals surface area contributed by atoms with Crippen LogP contribution in [0.3, 0.4) is 0 Å². The van der Waals surface area contributed by atoms with Crippen LogP contribution in [0.4, 0.5) is 26.3 Å². The molecule has 2 saturated carbocycles. The van der Waals surface area contributed by atoms with E-state index in [9.17, 15) is 39.6 Å². The van der Waals surface area contributed by atoms with Gasteiger partial charge in [0.25, 0.3) is 0 Å². The summed E-state index contributed by atoms with van der Waals surface area (Å²) in [5, 5.41) is 0. The Labute approximate surface area is 194 Å². The van der Waals surface area contributed by atoms with E-state index in [1.54, 1.807) is 0 Å². The molecule has 0 amide bonds. The third-order valence-electron chi connectivity index (χ3n) is 9.00. The summed E-state index contributed by atoms with van der Waals surface area (Å²) in [5.41, 5.74) is -5.65. The lowest BCUT2D eigenvalue weighted by Crippen LogP contribution is -2.50. The lowest BCUT2D eigenvalue weighted by atomic mass is 9.48. The summed E-state index contributed by atoms with van der Waals surface area (Å²) in [5.74, 6) is -1.18. The zero-order valence-corrected chi connectivity index (χ0v) is 19.7. The van der Waals surface area contributed by atoms with E-state index in [0.717, 1.165) is 5.57 Å². The van der Waals surface area contributed by atoms with Crippen molar-refractivity contribution < 1.29 is 43.7 Å². The highest BCUT2D eigenvalue weighted by atomic mass is 32.2. The smallest absolute Gasteiger partial charge is 0.381 e. The zero-order valence-electron chi connectivity index (χ0n) is 18.9. The molecule has 0 radical (unpaired) electrons. The second kappa shape index (κ2) is 8.00. The van der Waals surface area contributed by atoms with Gasteiger partial charge in [0.1, 0.15) is 18.0 Å². The van der Waals surface area contributed by atoms with Gasteiger partial charge in [-0.05, 0) is 78.8 Å². The number of carbonyl (C=O) groups is 1. The normalized spacial score (nSPS) is 38.2. The van der Waals surface area contributed by atoms with E-state index in [2.05, 4.69) is 4.18 Å². The maximum atomic E-state index is 12.9. The number of hydrogen-bond acceptors (Lipinski definition) is 4. The van der Waals surface area contributed by atoms with Crippen molar-refractivity contribution in [1.82, 2.24) is 0 Å². The molecule has 11 heteroatoms. The first-order valence-electron chi connectivity index (χ1n) is 11.5. The molecule has 0 N–H and O–H groups in total. The number of Topliss-reactive ketones (excluding diaryl/α,β-unsaturated/α-hetero) is 1. The summed E-state index contributed by atoms with van der Waals surface area (Å²) < 4.78 is 104. The van der Waals surface area contributed by atoms with Crippen molar-refractivity contribution in [2.45, 2.75) is 76.9 Å². The molecule has 0 aromatic heterocycles. The Bertz CT molecular complexity index is 1030. The Morgan fingerprint density at radius 2 is 1.74 bits per heavy atom. The molecule has 0 heterocycles. The molecule has 0 aliphatic heterocycles. The van der Waals surface area contributed by atoms with E-state index in [1.165, 1.54) is 6.08 Å². The van der Waals surface area contributed by atoms with Crippen molar-refractivity contribution in [3.63, 3.8) is 0 Å². The quantitative estimate of drug-likeness (QED) is 0.246. The van der Waals surface area contributed by atoms with Gasteiger partial charge < -0.3 is 4.18 Å². The first kappa shape index (κ1) is 25.6. The summed E-state index contributed by atoms with van der Waals surface area (Å²) >= 11 is 0. The fraction of sp³-hybridized carbons (Fsp3) is 0.783. The Kier molecular flexibility index (Phi) is 6.01. The van der Waals surface area contributed by atoms with Gasteiger partial charge in [-0.15, -0.1) is 0 Å².